The third-order valence-electron chi connectivity index (χ3n) is 3.43. The summed E-state index contributed by atoms with van der Waals surface area (Å²) in [6, 6.07) is 11.3. The molecule has 0 amide bonds. The number of guanidine groups is 1. The van der Waals surface area contributed by atoms with Crippen LogP contribution in [0.4, 0.5) is 0 Å². The van der Waals surface area contributed by atoms with Crippen LogP contribution in [-0.4, -0.2) is 39.2 Å². The molecule has 142 valence electrons. The average molecular weight is 473 g/mol. The van der Waals surface area contributed by atoms with Crippen LogP contribution < -0.4 is 15.4 Å². The zero-order chi connectivity index (χ0) is 18.1. The maximum absolute atomic E-state index is 11.6. The van der Waals surface area contributed by atoms with Gasteiger partial charge in [-0.15, -0.1) is 24.0 Å². The van der Waals surface area contributed by atoms with Crippen molar-refractivity contribution in [1.82, 2.24) is 10.6 Å². The number of carbonyl (C=O) groups excluding carboxylic acids is 1. The Labute approximate surface area is 170 Å². The Hall–Kier alpha value is -2.23. The van der Waals surface area contributed by atoms with Gasteiger partial charge in [-0.1, -0.05) is 18.2 Å². The quantitative estimate of drug-likeness (QED) is 0.212. The number of rotatable bonds is 7. The van der Waals surface area contributed by atoms with Crippen LogP contribution in [0, 0.1) is 6.92 Å². The van der Waals surface area contributed by atoms with Gasteiger partial charge in [-0.3, -0.25) is 4.99 Å². The van der Waals surface area contributed by atoms with Gasteiger partial charge < -0.3 is 24.5 Å². The number of aliphatic imine (C=N–C) groups is 1. The van der Waals surface area contributed by atoms with Crippen LogP contribution in [-0.2, 0) is 11.3 Å². The predicted molar refractivity (Wildman–Crippen MR) is 110 cm³/mol. The van der Waals surface area contributed by atoms with Crippen molar-refractivity contribution in [2.24, 2.45) is 4.99 Å². The molecular formula is C18H24IN3O4. The fourth-order valence-electron chi connectivity index (χ4n) is 2.19. The molecule has 1 aromatic heterocycles. The Morgan fingerprint density at radius 2 is 1.96 bits per heavy atom. The van der Waals surface area contributed by atoms with Crippen molar-refractivity contribution in [2.75, 3.05) is 27.3 Å². The first-order valence-electron chi connectivity index (χ1n) is 7.94. The largest absolute Gasteiger partial charge is 0.492 e. The number of para-hydroxylation sites is 1. The second kappa shape index (κ2) is 11.4. The molecule has 8 heteroatoms. The van der Waals surface area contributed by atoms with E-state index in [4.69, 9.17) is 13.9 Å². The Kier molecular flexibility index (Phi) is 9.56. The summed E-state index contributed by atoms with van der Waals surface area (Å²) in [7, 11) is 3.02. The predicted octanol–water partition coefficient (Wildman–Crippen LogP) is 2.74. The Morgan fingerprint density at radius 1 is 1.23 bits per heavy atom. The van der Waals surface area contributed by atoms with E-state index in [9.17, 15) is 4.79 Å². The molecule has 2 aromatic rings. The summed E-state index contributed by atoms with van der Waals surface area (Å²) in [6.07, 6.45) is 0. The van der Waals surface area contributed by atoms with E-state index < -0.39 is 5.97 Å². The molecule has 7 nitrogen and oxygen atoms in total. The van der Waals surface area contributed by atoms with Gasteiger partial charge in [-0.2, -0.15) is 0 Å². The summed E-state index contributed by atoms with van der Waals surface area (Å²) in [4.78, 5) is 15.7. The highest BCUT2D eigenvalue weighted by Crippen LogP contribution is 2.15. The summed E-state index contributed by atoms with van der Waals surface area (Å²) in [5.74, 6) is 2.19. The number of nitrogens with zero attached hydrogens (tertiary/aromatic N) is 1. The number of methoxy groups -OCH3 is 1. The molecule has 0 fully saturated rings. The van der Waals surface area contributed by atoms with Crippen LogP contribution in [0.25, 0.3) is 0 Å². The minimum absolute atomic E-state index is 0. The van der Waals surface area contributed by atoms with Gasteiger partial charge in [0.05, 0.1) is 20.2 Å². The molecule has 0 saturated carbocycles. The van der Waals surface area contributed by atoms with Crippen LogP contribution in [0.1, 0.15) is 21.9 Å². The van der Waals surface area contributed by atoms with Crippen molar-refractivity contribution in [1.29, 1.82) is 0 Å². The fraction of sp³-hybridized carbons (Fsp3) is 0.333. The lowest BCUT2D eigenvalue weighted by Crippen LogP contribution is -2.38. The van der Waals surface area contributed by atoms with Gasteiger partial charge >= 0.3 is 5.97 Å². The molecule has 0 unspecified atom stereocenters. The van der Waals surface area contributed by atoms with Crippen LogP contribution >= 0.6 is 24.0 Å². The van der Waals surface area contributed by atoms with Gasteiger partial charge in [0.1, 0.15) is 29.4 Å². The van der Waals surface area contributed by atoms with Crippen molar-refractivity contribution in [3.8, 4) is 5.75 Å². The molecule has 0 aliphatic rings. The molecule has 0 aliphatic heterocycles. The molecule has 0 bridgehead atoms. The lowest BCUT2D eigenvalue weighted by Gasteiger charge is -2.11. The van der Waals surface area contributed by atoms with Crippen LogP contribution in [0.15, 0.2) is 45.8 Å². The van der Waals surface area contributed by atoms with E-state index in [0.29, 0.717) is 42.7 Å². The second-order valence-electron chi connectivity index (χ2n) is 5.19. The van der Waals surface area contributed by atoms with E-state index in [1.165, 1.54) is 7.11 Å². The minimum atomic E-state index is -0.409. The topological polar surface area (TPSA) is 85.1 Å². The minimum Gasteiger partial charge on any atom is -0.492 e. The van der Waals surface area contributed by atoms with Gasteiger partial charge in [0.2, 0.25) is 0 Å². The molecule has 0 aliphatic carbocycles. The van der Waals surface area contributed by atoms with Crippen LogP contribution in [0.2, 0.25) is 0 Å². The highest BCUT2D eigenvalue weighted by atomic mass is 127. The summed E-state index contributed by atoms with van der Waals surface area (Å²) < 4.78 is 15.9. The summed E-state index contributed by atoms with van der Waals surface area (Å²) in [6.45, 7) is 3.23. The fourth-order valence-corrected chi connectivity index (χ4v) is 2.19. The summed E-state index contributed by atoms with van der Waals surface area (Å²) >= 11 is 0. The molecule has 2 rings (SSSR count). The van der Waals surface area contributed by atoms with Crippen LogP contribution in [0.5, 0.6) is 5.75 Å². The second-order valence-corrected chi connectivity index (χ2v) is 5.19. The van der Waals surface area contributed by atoms with E-state index in [1.54, 1.807) is 20.0 Å². The van der Waals surface area contributed by atoms with Crippen molar-refractivity contribution < 1.29 is 18.7 Å². The number of benzene rings is 1. The zero-order valence-electron chi connectivity index (χ0n) is 15.1. The molecule has 1 heterocycles. The van der Waals surface area contributed by atoms with E-state index >= 15 is 0 Å². The highest BCUT2D eigenvalue weighted by Gasteiger charge is 2.15. The zero-order valence-corrected chi connectivity index (χ0v) is 17.4. The maximum atomic E-state index is 11.6. The molecule has 0 radical (unpaired) electrons. The van der Waals surface area contributed by atoms with E-state index in [0.717, 1.165) is 5.75 Å². The third-order valence-corrected chi connectivity index (χ3v) is 3.43. The number of hydrogen-bond acceptors (Lipinski definition) is 5. The lowest BCUT2D eigenvalue weighted by atomic mass is 10.2. The number of carbonyl (C=O) groups is 1. The first-order chi connectivity index (χ1) is 12.1. The number of nitrogens with one attached hydrogen (secondary N) is 2. The number of ether oxygens (including phenoxy) is 2. The van der Waals surface area contributed by atoms with Gasteiger partial charge in [0.15, 0.2) is 5.96 Å². The Bertz CT molecular complexity index is 716. The van der Waals surface area contributed by atoms with Crippen molar-refractivity contribution >= 4 is 35.9 Å². The summed E-state index contributed by atoms with van der Waals surface area (Å²) in [5, 5.41) is 6.27. The SMILES string of the molecule is CN=C(NCCOc1ccccc1)NCc1cc(C(=O)OC)c(C)o1.I. The van der Waals surface area contributed by atoms with Crippen LogP contribution in [0.3, 0.4) is 0 Å². The highest BCUT2D eigenvalue weighted by molar-refractivity contribution is 14.0. The smallest absolute Gasteiger partial charge is 0.341 e. The van der Waals surface area contributed by atoms with E-state index in [1.807, 2.05) is 30.3 Å². The lowest BCUT2D eigenvalue weighted by molar-refractivity contribution is 0.0599. The standard InChI is InChI=1S/C18H23N3O4.HI/c1-13-16(17(22)23-3)11-15(25-13)12-21-18(19-2)20-9-10-24-14-7-5-4-6-8-14;/h4-8,11H,9-10,12H2,1-3H3,(H2,19,20,21);1H. The van der Waals surface area contributed by atoms with Crippen molar-refractivity contribution in [3.05, 3.63) is 53.5 Å². The average Bonchev–Trinajstić information content (AvgIpc) is 3.02. The molecular weight excluding hydrogens is 449 g/mol. The van der Waals surface area contributed by atoms with Crippen molar-refractivity contribution in [2.45, 2.75) is 13.5 Å². The number of halogens is 1. The molecule has 0 spiro atoms. The van der Waals surface area contributed by atoms with Gasteiger partial charge in [0, 0.05) is 7.05 Å². The van der Waals surface area contributed by atoms with Crippen molar-refractivity contribution in [3.63, 3.8) is 0 Å². The van der Waals surface area contributed by atoms with Gasteiger partial charge in [0.25, 0.3) is 0 Å². The number of aryl methyl sites for hydroxylation is 1. The molecule has 1 aromatic carbocycles. The number of furan rings is 1. The first-order valence-corrected chi connectivity index (χ1v) is 7.94. The molecule has 0 atom stereocenters. The number of hydrogen-bond donors (Lipinski definition) is 2. The normalized spacial score (nSPS) is 10.7. The Morgan fingerprint density at radius 3 is 2.62 bits per heavy atom. The van der Waals surface area contributed by atoms with E-state index in [2.05, 4.69) is 15.6 Å². The monoisotopic (exact) mass is 473 g/mol. The van der Waals surface area contributed by atoms with E-state index in [-0.39, 0.29) is 24.0 Å². The summed E-state index contributed by atoms with van der Waals surface area (Å²) in [5.41, 5.74) is 0.429. The van der Waals surface area contributed by atoms with Gasteiger partial charge in [-0.25, -0.2) is 4.79 Å². The Balaban J connectivity index is 0.00000338. The molecule has 2 N–H and O–H groups in total. The number of esters is 1. The van der Waals surface area contributed by atoms with Gasteiger partial charge in [-0.05, 0) is 25.1 Å². The first kappa shape index (κ1) is 21.8. The maximum Gasteiger partial charge on any atom is 0.341 e. The molecule has 26 heavy (non-hydrogen) atoms. The molecule has 0 saturated heterocycles. The third kappa shape index (κ3) is 6.58.